The number of hydrogen-bond donors (Lipinski definition) is 0. The van der Waals surface area contributed by atoms with E-state index in [1.165, 1.54) is 4.68 Å². The van der Waals surface area contributed by atoms with E-state index in [0.717, 1.165) is 18.4 Å². The van der Waals surface area contributed by atoms with Gasteiger partial charge >= 0.3 is 0 Å². The zero-order chi connectivity index (χ0) is 13.7. The van der Waals surface area contributed by atoms with Gasteiger partial charge in [-0.25, -0.2) is 0 Å². The highest BCUT2D eigenvalue weighted by atomic mass is 32.2. The Labute approximate surface area is 111 Å². The maximum absolute atomic E-state index is 11.2. The molecular weight excluding hydrogens is 268 g/mol. The number of H-pyrrole nitrogens is 1. The smallest absolute Gasteiger partial charge is 0.273 e. The molecule has 2 aromatic heterocycles. The fourth-order valence-electron chi connectivity index (χ4n) is 1.44. The maximum atomic E-state index is 11.2. The van der Waals surface area contributed by atoms with Gasteiger partial charge in [0.05, 0.1) is 7.11 Å². The first-order valence-corrected chi connectivity index (χ1v) is 7.16. The molecule has 2 aromatic rings. The van der Waals surface area contributed by atoms with E-state index >= 15 is 0 Å². The Kier molecular flexibility index (Phi) is 4.13. The van der Waals surface area contributed by atoms with Crippen LogP contribution in [0.4, 0.5) is 0 Å². The Bertz CT molecular complexity index is 629. The van der Waals surface area contributed by atoms with Gasteiger partial charge in [-0.15, -0.1) is 5.10 Å². The Morgan fingerprint density at radius 3 is 2.84 bits per heavy atom. The van der Waals surface area contributed by atoms with Crippen molar-refractivity contribution in [3.8, 4) is 11.3 Å². The lowest BCUT2D eigenvalue weighted by Crippen LogP contribution is -2.40. The zero-order valence-corrected chi connectivity index (χ0v) is 11.2. The van der Waals surface area contributed by atoms with Crippen LogP contribution in [-0.4, -0.2) is 31.5 Å². The quantitative estimate of drug-likeness (QED) is 0.530. The molecule has 0 fully saturated rings. The van der Waals surface area contributed by atoms with Gasteiger partial charge in [0.25, 0.3) is 10.1 Å². The fraction of sp³-hybridized carbons (Fsp3) is 0.273. The molecule has 0 spiro atoms. The molecule has 8 heteroatoms. The van der Waals surface area contributed by atoms with Crippen molar-refractivity contribution in [2.75, 3.05) is 12.9 Å². The van der Waals surface area contributed by atoms with Gasteiger partial charge in [0.1, 0.15) is 17.6 Å². The second-order valence-corrected chi connectivity index (χ2v) is 5.62. The SMILES string of the molecule is COS(=O)(=O)CC[n+]1ccc(-c2ccc[nH+]n2)cn1. The second-order valence-electron chi connectivity index (χ2n) is 3.76. The van der Waals surface area contributed by atoms with Crippen molar-refractivity contribution in [2.45, 2.75) is 6.54 Å². The van der Waals surface area contributed by atoms with Crippen LogP contribution in [0.1, 0.15) is 0 Å². The highest BCUT2D eigenvalue weighted by Crippen LogP contribution is 2.10. The normalized spacial score (nSPS) is 11.4. The summed E-state index contributed by atoms with van der Waals surface area (Å²) in [7, 11) is -2.31. The predicted molar refractivity (Wildman–Crippen MR) is 65.0 cm³/mol. The number of aromatic amines is 1. The van der Waals surface area contributed by atoms with Crippen LogP contribution in [0.5, 0.6) is 0 Å². The minimum absolute atomic E-state index is 0.113. The summed E-state index contributed by atoms with van der Waals surface area (Å²) in [5.74, 6) is -0.113. The molecule has 0 aliphatic carbocycles. The average molecular weight is 282 g/mol. The summed E-state index contributed by atoms with van der Waals surface area (Å²) in [6.45, 7) is 0.241. The number of aryl methyl sites for hydroxylation is 1. The van der Waals surface area contributed by atoms with E-state index in [1.807, 2.05) is 18.2 Å². The van der Waals surface area contributed by atoms with Crippen molar-refractivity contribution in [3.05, 3.63) is 36.8 Å². The van der Waals surface area contributed by atoms with E-state index in [4.69, 9.17) is 0 Å². The van der Waals surface area contributed by atoms with Crippen LogP contribution in [0.25, 0.3) is 11.3 Å². The molecule has 0 aromatic carbocycles. The van der Waals surface area contributed by atoms with Crippen molar-refractivity contribution in [1.29, 1.82) is 0 Å². The van der Waals surface area contributed by atoms with Crippen LogP contribution >= 0.6 is 0 Å². The van der Waals surface area contributed by atoms with Crippen LogP contribution in [-0.2, 0) is 20.8 Å². The number of aromatic nitrogens is 4. The minimum atomic E-state index is -3.46. The van der Waals surface area contributed by atoms with Gasteiger partial charge in [-0.05, 0) is 16.3 Å². The molecule has 0 amide bonds. The van der Waals surface area contributed by atoms with E-state index in [-0.39, 0.29) is 12.3 Å². The maximum Gasteiger partial charge on any atom is 0.273 e. The average Bonchev–Trinajstić information content (AvgIpc) is 2.47. The van der Waals surface area contributed by atoms with Gasteiger partial charge in [0, 0.05) is 17.7 Å². The topological polar surface area (TPSA) is 87.2 Å². The van der Waals surface area contributed by atoms with Gasteiger partial charge in [0.15, 0.2) is 18.9 Å². The van der Waals surface area contributed by atoms with Crippen LogP contribution in [0, 0.1) is 0 Å². The molecule has 2 rings (SSSR count). The Hall–Kier alpha value is -1.93. The highest BCUT2D eigenvalue weighted by Gasteiger charge is 2.14. The molecule has 0 radical (unpaired) electrons. The molecule has 0 saturated heterocycles. The summed E-state index contributed by atoms with van der Waals surface area (Å²) in [5.41, 5.74) is 1.62. The van der Waals surface area contributed by atoms with Crippen molar-refractivity contribution in [1.82, 2.24) is 10.2 Å². The fourth-order valence-corrected chi connectivity index (χ4v) is 2.02. The monoisotopic (exact) mass is 282 g/mol. The molecule has 0 saturated carbocycles. The van der Waals surface area contributed by atoms with Gasteiger partial charge < -0.3 is 0 Å². The molecule has 100 valence electrons. The van der Waals surface area contributed by atoms with Gasteiger partial charge in [-0.2, -0.15) is 8.42 Å². The lowest BCUT2D eigenvalue weighted by molar-refractivity contribution is -0.750. The standard InChI is InChI=1S/C11H13N4O3S/c1-18-19(16,17)8-7-15-6-4-10(9-13-15)11-3-2-5-12-14-11/h2-6,9H,7-8H2,1H3/q+1/p+1. The first kappa shape index (κ1) is 13.5. The largest absolute Gasteiger partial charge is 0.273 e. The second kappa shape index (κ2) is 5.81. The molecule has 19 heavy (non-hydrogen) atoms. The number of nitrogens with zero attached hydrogens (tertiary/aromatic N) is 3. The Balaban J connectivity index is 2.07. The van der Waals surface area contributed by atoms with Crippen molar-refractivity contribution >= 4 is 10.1 Å². The van der Waals surface area contributed by atoms with Crippen molar-refractivity contribution < 1.29 is 22.4 Å². The molecule has 0 unspecified atom stereocenters. The molecule has 7 nitrogen and oxygen atoms in total. The highest BCUT2D eigenvalue weighted by molar-refractivity contribution is 7.86. The summed E-state index contributed by atoms with van der Waals surface area (Å²) < 4.78 is 28.3. The number of nitrogens with one attached hydrogen (secondary N) is 1. The van der Waals surface area contributed by atoms with Gasteiger partial charge in [-0.1, -0.05) is 4.68 Å². The summed E-state index contributed by atoms with van der Waals surface area (Å²) in [6.07, 6.45) is 5.06. The van der Waals surface area contributed by atoms with Crippen LogP contribution in [0.2, 0.25) is 0 Å². The number of rotatable bonds is 5. The molecule has 0 atom stereocenters. The Morgan fingerprint density at radius 2 is 2.26 bits per heavy atom. The van der Waals surface area contributed by atoms with E-state index in [1.54, 1.807) is 18.6 Å². The third-order valence-electron chi connectivity index (χ3n) is 2.50. The third kappa shape index (κ3) is 3.76. The molecular formula is C11H14N4O3S+2. The molecule has 1 N–H and O–H groups in total. The zero-order valence-electron chi connectivity index (χ0n) is 10.4. The van der Waals surface area contributed by atoms with Gasteiger partial charge in [0.2, 0.25) is 0 Å². The summed E-state index contributed by atoms with van der Waals surface area (Å²) in [6, 6.07) is 5.52. The Morgan fingerprint density at radius 1 is 1.42 bits per heavy atom. The van der Waals surface area contributed by atoms with Gasteiger partial charge in [-0.3, -0.25) is 4.18 Å². The first-order valence-electron chi connectivity index (χ1n) is 5.58. The summed E-state index contributed by atoms with van der Waals surface area (Å²) >= 11 is 0. The van der Waals surface area contributed by atoms with E-state index in [2.05, 4.69) is 19.5 Å². The first-order chi connectivity index (χ1) is 9.11. The van der Waals surface area contributed by atoms with E-state index in [9.17, 15) is 8.42 Å². The molecule has 0 bridgehead atoms. The lowest BCUT2D eigenvalue weighted by Gasteiger charge is -1.98. The number of hydrogen-bond acceptors (Lipinski definition) is 5. The lowest BCUT2D eigenvalue weighted by atomic mass is 10.2. The molecule has 2 heterocycles. The van der Waals surface area contributed by atoms with E-state index < -0.39 is 10.1 Å². The molecule has 0 aliphatic rings. The van der Waals surface area contributed by atoms with Crippen molar-refractivity contribution in [2.24, 2.45) is 0 Å². The molecule has 0 aliphatic heterocycles. The minimum Gasteiger partial charge on any atom is -0.273 e. The van der Waals surface area contributed by atoms with Crippen LogP contribution < -0.4 is 9.78 Å². The van der Waals surface area contributed by atoms with E-state index in [0.29, 0.717) is 0 Å². The third-order valence-corrected chi connectivity index (χ3v) is 3.69. The van der Waals surface area contributed by atoms with Crippen LogP contribution in [0.3, 0.4) is 0 Å². The van der Waals surface area contributed by atoms with Crippen LogP contribution in [0.15, 0.2) is 36.8 Å². The van der Waals surface area contributed by atoms with Crippen molar-refractivity contribution in [3.63, 3.8) is 0 Å². The summed E-state index contributed by atoms with van der Waals surface area (Å²) in [4.78, 5) is 0. The predicted octanol–water partition coefficient (Wildman–Crippen LogP) is -0.779. The summed E-state index contributed by atoms with van der Waals surface area (Å²) in [5, 5.41) is 11.0.